The van der Waals surface area contributed by atoms with Gasteiger partial charge in [0.15, 0.2) is 0 Å². The van der Waals surface area contributed by atoms with Gasteiger partial charge in [-0.15, -0.1) is 0 Å². The molecule has 4 heteroatoms. The van der Waals surface area contributed by atoms with E-state index in [2.05, 4.69) is 57.4 Å². The summed E-state index contributed by atoms with van der Waals surface area (Å²) >= 11 is 2.18. The summed E-state index contributed by atoms with van der Waals surface area (Å²) in [5.74, 6) is -0.205. The van der Waals surface area contributed by atoms with Crippen LogP contribution >= 0.6 is 22.6 Å². The molecular weight excluding hydrogens is 399 g/mol. The molecule has 0 heterocycles. The molecule has 3 nitrogen and oxygen atoms in total. The molecule has 0 radical (unpaired) electrons. The summed E-state index contributed by atoms with van der Waals surface area (Å²) < 4.78 is 1.02. The second-order valence-electron chi connectivity index (χ2n) is 5.21. The number of fused-ring (bicyclic) bond motifs is 1. The van der Waals surface area contributed by atoms with E-state index in [9.17, 15) is 4.79 Å². The van der Waals surface area contributed by atoms with E-state index < -0.39 is 0 Å². The van der Waals surface area contributed by atoms with Gasteiger partial charge < -0.3 is 0 Å². The van der Waals surface area contributed by atoms with E-state index in [0.717, 1.165) is 20.2 Å². The first kappa shape index (κ1) is 15.7. The third kappa shape index (κ3) is 3.76. The topological polar surface area (TPSA) is 41.5 Å². The molecule has 0 aliphatic carbocycles. The van der Waals surface area contributed by atoms with Crippen LogP contribution in [-0.2, 0) is 0 Å². The zero-order chi connectivity index (χ0) is 16.2. The second kappa shape index (κ2) is 6.91. The van der Waals surface area contributed by atoms with E-state index >= 15 is 0 Å². The molecule has 3 aromatic carbocycles. The summed E-state index contributed by atoms with van der Waals surface area (Å²) in [6.45, 7) is 1.89. The first-order chi connectivity index (χ1) is 11.1. The number of rotatable bonds is 3. The summed E-state index contributed by atoms with van der Waals surface area (Å²) in [6.07, 6.45) is 0. The highest BCUT2D eigenvalue weighted by molar-refractivity contribution is 14.1. The molecule has 114 valence electrons. The SMILES string of the molecule is C/C(=N\NC(=O)c1cccc(I)c1)c1ccc2ccccc2c1. The molecule has 0 aromatic heterocycles. The number of amides is 1. The largest absolute Gasteiger partial charge is 0.271 e. The Morgan fingerprint density at radius 2 is 1.70 bits per heavy atom. The maximum Gasteiger partial charge on any atom is 0.271 e. The van der Waals surface area contributed by atoms with Crippen molar-refractivity contribution in [3.8, 4) is 0 Å². The molecule has 0 aliphatic rings. The van der Waals surface area contributed by atoms with Gasteiger partial charge in [0.2, 0.25) is 0 Å². The van der Waals surface area contributed by atoms with Crippen molar-refractivity contribution in [1.82, 2.24) is 5.43 Å². The molecule has 1 amide bonds. The van der Waals surface area contributed by atoms with Crippen LogP contribution in [-0.4, -0.2) is 11.6 Å². The van der Waals surface area contributed by atoms with Gasteiger partial charge in [0.1, 0.15) is 0 Å². The van der Waals surface area contributed by atoms with Gasteiger partial charge in [0, 0.05) is 9.13 Å². The number of nitrogens with one attached hydrogen (secondary N) is 1. The highest BCUT2D eigenvalue weighted by Crippen LogP contribution is 2.16. The maximum atomic E-state index is 12.1. The molecule has 1 N–H and O–H groups in total. The molecule has 0 saturated heterocycles. The van der Waals surface area contributed by atoms with Crippen LogP contribution in [0.3, 0.4) is 0 Å². The lowest BCUT2D eigenvalue weighted by Crippen LogP contribution is -2.19. The molecule has 0 spiro atoms. The monoisotopic (exact) mass is 414 g/mol. The summed E-state index contributed by atoms with van der Waals surface area (Å²) in [6, 6.07) is 21.7. The smallest absolute Gasteiger partial charge is 0.267 e. The molecule has 3 aromatic rings. The molecule has 0 atom stereocenters. The molecule has 0 saturated carbocycles. The lowest BCUT2D eigenvalue weighted by atomic mass is 10.0. The first-order valence-corrected chi connectivity index (χ1v) is 8.31. The van der Waals surface area contributed by atoms with Crippen molar-refractivity contribution in [1.29, 1.82) is 0 Å². The van der Waals surface area contributed by atoms with Gasteiger partial charge >= 0.3 is 0 Å². The summed E-state index contributed by atoms with van der Waals surface area (Å²) in [5.41, 5.74) is 4.99. The van der Waals surface area contributed by atoms with Crippen LogP contribution in [0.4, 0.5) is 0 Å². The van der Waals surface area contributed by atoms with Crippen molar-refractivity contribution < 1.29 is 4.79 Å². The van der Waals surface area contributed by atoms with E-state index in [1.54, 1.807) is 6.07 Å². The normalized spacial score (nSPS) is 11.5. The number of benzene rings is 3. The van der Waals surface area contributed by atoms with Crippen LogP contribution in [0.25, 0.3) is 10.8 Å². The highest BCUT2D eigenvalue weighted by Gasteiger charge is 2.05. The number of hydrazone groups is 1. The Hall–Kier alpha value is -2.21. The lowest BCUT2D eigenvalue weighted by molar-refractivity contribution is 0.0955. The average Bonchev–Trinajstić information content (AvgIpc) is 2.59. The molecular formula is C19H15IN2O. The average molecular weight is 414 g/mol. The second-order valence-corrected chi connectivity index (χ2v) is 6.46. The Bertz CT molecular complexity index is 903. The van der Waals surface area contributed by atoms with Crippen LogP contribution in [0.1, 0.15) is 22.8 Å². The number of carbonyl (C=O) groups excluding carboxylic acids is 1. The van der Waals surface area contributed by atoms with Gasteiger partial charge in [0.25, 0.3) is 5.91 Å². The van der Waals surface area contributed by atoms with Crippen molar-refractivity contribution in [2.45, 2.75) is 6.92 Å². The summed E-state index contributed by atoms with van der Waals surface area (Å²) in [5, 5.41) is 6.56. The van der Waals surface area contributed by atoms with Crippen molar-refractivity contribution in [3.63, 3.8) is 0 Å². The van der Waals surface area contributed by atoms with E-state index in [-0.39, 0.29) is 5.91 Å². The quantitative estimate of drug-likeness (QED) is 0.380. The summed E-state index contributed by atoms with van der Waals surface area (Å²) in [7, 11) is 0. The molecule has 0 bridgehead atoms. The zero-order valence-corrected chi connectivity index (χ0v) is 14.7. The molecule has 23 heavy (non-hydrogen) atoms. The van der Waals surface area contributed by atoms with Gasteiger partial charge in [-0.2, -0.15) is 5.10 Å². The fraction of sp³-hybridized carbons (Fsp3) is 0.0526. The third-order valence-corrected chi connectivity index (χ3v) is 4.25. The fourth-order valence-electron chi connectivity index (χ4n) is 2.31. The minimum atomic E-state index is -0.205. The number of nitrogens with zero attached hydrogens (tertiary/aromatic N) is 1. The zero-order valence-electron chi connectivity index (χ0n) is 12.6. The van der Waals surface area contributed by atoms with Gasteiger partial charge in [-0.3, -0.25) is 4.79 Å². The van der Waals surface area contributed by atoms with Crippen molar-refractivity contribution >= 4 is 45.0 Å². The minimum Gasteiger partial charge on any atom is -0.267 e. The Labute approximate surface area is 148 Å². The van der Waals surface area contributed by atoms with Crippen LogP contribution in [0.2, 0.25) is 0 Å². The van der Waals surface area contributed by atoms with Crippen LogP contribution < -0.4 is 5.43 Å². The third-order valence-electron chi connectivity index (χ3n) is 3.58. The van der Waals surface area contributed by atoms with Gasteiger partial charge in [-0.1, -0.05) is 42.5 Å². The van der Waals surface area contributed by atoms with Gasteiger partial charge in [0.05, 0.1) is 5.71 Å². The standard InChI is InChI=1S/C19H15IN2O/c1-13(15-10-9-14-5-2-3-6-16(14)11-15)21-22-19(23)17-7-4-8-18(20)12-17/h2-12H,1H3,(H,22,23)/b21-13+. The number of halogens is 1. The fourth-order valence-corrected chi connectivity index (χ4v) is 2.85. The Morgan fingerprint density at radius 1 is 0.913 bits per heavy atom. The van der Waals surface area contributed by atoms with E-state index in [1.807, 2.05) is 43.3 Å². The highest BCUT2D eigenvalue weighted by atomic mass is 127. The van der Waals surface area contributed by atoms with E-state index in [4.69, 9.17) is 0 Å². The minimum absolute atomic E-state index is 0.205. The van der Waals surface area contributed by atoms with Crippen molar-refractivity contribution in [2.75, 3.05) is 0 Å². The number of hydrogen-bond acceptors (Lipinski definition) is 2. The maximum absolute atomic E-state index is 12.1. The van der Waals surface area contributed by atoms with Gasteiger partial charge in [-0.05, 0) is 70.1 Å². The Balaban J connectivity index is 1.79. The van der Waals surface area contributed by atoms with Crippen LogP contribution in [0.15, 0.2) is 71.8 Å². The predicted octanol–water partition coefficient (Wildman–Crippen LogP) is 4.60. The van der Waals surface area contributed by atoms with Crippen LogP contribution in [0.5, 0.6) is 0 Å². The Morgan fingerprint density at radius 3 is 2.48 bits per heavy atom. The van der Waals surface area contributed by atoms with Crippen LogP contribution in [0, 0.1) is 3.57 Å². The van der Waals surface area contributed by atoms with E-state index in [0.29, 0.717) is 5.56 Å². The number of hydrogen-bond donors (Lipinski definition) is 1. The Kier molecular flexibility index (Phi) is 4.71. The molecule has 3 rings (SSSR count). The van der Waals surface area contributed by atoms with Crippen molar-refractivity contribution in [3.05, 3.63) is 81.4 Å². The first-order valence-electron chi connectivity index (χ1n) is 7.23. The lowest BCUT2D eigenvalue weighted by Gasteiger charge is -2.05. The van der Waals surface area contributed by atoms with Gasteiger partial charge in [-0.25, -0.2) is 5.43 Å². The summed E-state index contributed by atoms with van der Waals surface area (Å²) in [4.78, 5) is 12.1. The van der Waals surface area contributed by atoms with E-state index in [1.165, 1.54) is 5.39 Å². The number of carbonyl (C=O) groups is 1. The molecule has 0 unspecified atom stereocenters. The predicted molar refractivity (Wildman–Crippen MR) is 103 cm³/mol. The van der Waals surface area contributed by atoms with Crippen molar-refractivity contribution in [2.24, 2.45) is 5.10 Å². The molecule has 0 fully saturated rings. The molecule has 0 aliphatic heterocycles.